The minimum Gasteiger partial charge on any atom is -0.416 e. The zero-order valence-corrected chi connectivity index (χ0v) is 16.3. The van der Waals surface area contributed by atoms with Gasteiger partial charge in [-0.1, -0.05) is 30.0 Å². The van der Waals surface area contributed by atoms with E-state index >= 15 is 0 Å². The van der Waals surface area contributed by atoms with Crippen LogP contribution in [0.25, 0.3) is 0 Å². The van der Waals surface area contributed by atoms with Crippen molar-refractivity contribution in [2.75, 3.05) is 5.75 Å². The van der Waals surface area contributed by atoms with Crippen LogP contribution in [-0.2, 0) is 16.0 Å². The van der Waals surface area contributed by atoms with Crippen molar-refractivity contribution in [1.82, 2.24) is 20.8 Å². The molecular formula is C18H18N6O4S. The zero-order chi connectivity index (χ0) is 20.4. The number of aliphatic imine (C=N–C) groups is 2. The standard InChI is InChI=1S/C18H18N6O4S/c1-9-10(15(25)22-17(27)19-9)6-7-14-23-24-18(28-14)29-8-13-20-12-5-3-2-4-11(12)16(26)21-13/h2-5,9-11H,6-8H2,1H3,(H2,19,22,25,27). The number of urea groups is 1. The Balaban J connectivity index is 1.31. The smallest absolute Gasteiger partial charge is 0.321 e. The van der Waals surface area contributed by atoms with E-state index in [1.54, 1.807) is 19.1 Å². The summed E-state index contributed by atoms with van der Waals surface area (Å²) in [6.07, 6.45) is 8.10. The third kappa shape index (κ3) is 4.34. The Labute approximate surface area is 170 Å². The van der Waals surface area contributed by atoms with Crippen molar-refractivity contribution < 1.29 is 18.8 Å². The van der Waals surface area contributed by atoms with Crippen molar-refractivity contribution in [3.8, 4) is 0 Å². The number of rotatable bonds is 6. The molecule has 1 fully saturated rings. The molecule has 0 radical (unpaired) electrons. The first kappa shape index (κ1) is 19.2. The lowest BCUT2D eigenvalue weighted by molar-refractivity contribution is -0.125. The van der Waals surface area contributed by atoms with Crippen LogP contribution in [0, 0.1) is 11.8 Å². The minimum absolute atomic E-state index is 0.232. The molecule has 3 aliphatic rings. The summed E-state index contributed by atoms with van der Waals surface area (Å²) in [6.45, 7) is 1.78. The third-order valence-electron chi connectivity index (χ3n) is 4.74. The Kier molecular flexibility index (Phi) is 5.38. The quantitative estimate of drug-likeness (QED) is 0.664. The number of thioether (sulfide) groups is 1. The summed E-state index contributed by atoms with van der Waals surface area (Å²) in [7, 11) is 0. The van der Waals surface area contributed by atoms with E-state index in [4.69, 9.17) is 4.42 Å². The molecule has 1 aromatic rings. The fourth-order valence-corrected chi connectivity index (χ4v) is 3.88. The minimum atomic E-state index is -0.478. The predicted molar refractivity (Wildman–Crippen MR) is 105 cm³/mol. The molecule has 10 nitrogen and oxygen atoms in total. The van der Waals surface area contributed by atoms with Gasteiger partial charge in [0, 0.05) is 12.5 Å². The van der Waals surface area contributed by atoms with Crippen LogP contribution in [0.2, 0.25) is 0 Å². The number of hydrogen-bond acceptors (Lipinski definition) is 8. The molecule has 3 heterocycles. The number of carbonyl (C=O) groups is 3. The van der Waals surface area contributed by atoms with Crippen LogP contribution in [0.1, 0.15) is 19.2 Å². The topological polar surface area (TPSA) is 139 Å². The molecular weight excluding hydrogens is 396 g/mol. The molecule has 150 valence electrons. The average Bonchev–Trinajstić information content (AvgIpc) is 3.13. The largest absolute Gasteiger partial charge is 0.416 e. The summed E-state index contributed by atoms with van der Waals surface area (Å²) in [4.78, 5) is 43.7. The summed E-state index contributed by atoms with van der Waals surface area (Å²) in [5, 5.41) is 13.2. The van der Waals surface area contributed by atoms with Crippen LogP contribution in [0.15, 0.2) is 43.9 Å². The average molecular weight is 414 g/mol. The molecule has 1 aliphatic carbocycles. The second-order valence-corrected chi connectivity index (χ2v) is 7.70. The van der Waals surface area contributed by atoms with Gasteiger partial charge in [0.15, 0.2) is 0 Å². The maximum Gasteiger partial charge on any atom is 0.321 e. The summed E-state index contributed by atoms with van der Waals surface area (Å²) in [6, 6.07) is -0.740. The van der Waals surface area contributed by atoms with Crippen molar-refractivity contribution in [3.63, 3.8) is 0 Å². The molecule has 1 saturated heterocycles. The van der Waals surface area contributed by atoms with E-state index in [2.05, 4.69) is 30.8 Å². The van der Waals surface area contributed by atoms with E-state index in [0.29, 0.717) is 41.3 Å². The van der Waals surface area contributed by atoms with Gasteiger partial charge >= 0.3 is 6.03 Å². The van der Waals surface area contributed by atoms with Gasteiger partial charge in [-0.05, 0) is 19.4 Å². The van der Waals surface area contributed by atoms with Crippen LogP contribution in [-0.4, -0.2) is 51.4 Å². The van der Waals surface area contributed by atoms with Gasteiger partial charge in [0.1, 0.15) is 11.8 Å². The molecule has 0 spiro atoms. The van der Waals surface area contributed by atoms with Crippen molar-refractivity contribution in [3.05, 3.63) is 30.2 Å². The molecule has 0 aromatic carbocycles. The van der Waals surface area contributed by atoms with E-state index in [1.165, 1.54) is 11.8 Å². The van der Waals surface area contributed by atoms with Gasteiger partial charge in [0.05, 0.1) is 17.4 Å². The van der Waals surface area contributed by atoms with Crippen molar-refractivity contribution in [1.29, 1.82) is 0 Å². The van der Waals surface area contributed by atoms with Crippen LogP contribution >= 0.6 is 11.8 Å². The molecule has 2 N–H and O–H groups in total. The number of nitrogens with one attached hydrogen (secondary N) is 2. The van der Waals surface area contributed by atoms with Crippen LogP contribution in [0.5, 0.6) is 0 Å². The van der Waals surface area contributed by atoms with Gasteiger partial charge in [-0.15, -0.1) is 10.2 Å². The first-order chi connectivity index (χ1) is 14.0. The summed E-state index contributed by atoms with van der Waals surface area (Å²) < 4.78 is 5.60. The maximum atomic E-state index is 12.1. The zero-order valence-electron chi connectivity index (χ0n) is 15.5. The highest BCUT2D eigenvalue weighted by Gasteiger charge is 2.32. The molecule has 4 rings (SSSR count). The predicted octanol–water partition coefficient (Wildman–Crippen LogP) is 1.06. The van der Waals surface area contributed by atoms with Gasteiger partial charge in [0.2, 0.25) is 11.8 Å². The lowest BCUT2D eigenvalue weighted by Gasteiger charge is -2.28. The second-order valence-electron chi connectivity index (χ2n) is 6.77. The van der Waals surface area contributed by atoms with Crippen molar-refractivity contribution in [2.24, 2.45) is 21.8 Å². The Hall–Kier alpha value is -3.08. The number of nitrogens with zero attached hydrogens (tertiary/aromatic N) is 4. The van der Waals surface area contributed by atoms with Crippen molar-refractivity contribution >= 4 is 41.2 Å². The number of fused-ring (bicyclic) bond motifs is 1. The van der Waals surface area contributed by atoms with Gasteiger partial charge in [0.25, 0.3) is 11.1 Å². The van der Waals surface area contributed by atoms with E-state index < -0.39 is 11.9 Å². The van der Waals surface area contributed by atoms with E-state index in [-0.39, 0.29) is 23.8 Å². The number of amidine groups is 1. The number of imide groups is 1. The second kappa shape index (κ2) is 8.11. The molecule has 2 aliphatic heterocycles. The molecule has 11 heteroatoms. The van der Waals surface area contributed by atoms with Crippen LogP contribution < -0.4 is 10.6 Å². The van der Waals surface area contributed by atoms with E-state index in [9.17, 15) is 14.4 Å². The summed E-state index contributed by atoms with van der Waals surface area (Å²) in [5.41, 5.74) is 0.682. The highest BCUT2D eigenvalue weighted by atomic mass is 32.2. The Morgan fingerprint density at radius 2 is 2.03 bits per heavy atom. The highest BCUT2D eigenvalue weighted by Crippen LogP contribution is 2.22. The fourth-order valence-electron chi connectivity index (χ4n) is 3.24. The highest BCUT2D eigenvalue weighted by molar-refractivity contribution is 7.99. The fraction of sp³-hybridized carbons (Fsp3) is 0.389. The lowest BCUT2D eigenvalue weighted by Crippen LogP contribution is -2.57. The number of carbonyl (C=O) groups excluding carboxylic acids is 3. The normalized spacial score (nSPS) is 25.8. The maximum absolute atomic E-state index is 12.1. The first-order valence-corrected chi connectivity index (χ1v) is 10.1. The SMILES string of the molecule is CC1NC(=O)NC(=O)C1CCc1nnc(SCC2=NC(=O)C3C=CC=CC3=N2)o1. The van der Waals surface area contributed by atoms with E-state index in [0.717, 1.165) is 0 Å². The summed E-state index contributed by atoms with van der Waals surface area (Å²) in [5.74, 6) is -0.154. The molecule has 0 saturated carbocycles. The number of hydrogen-bond donors (Lipinski definition) is 2. The van der Waals surface area contributed by atoms with Gasteiger partial charge < -0.3 is 9.73 Å². The summed E-state index contributed by atoms with van der Waals surface area (Å²) >= 11 is 1.24. The third-order valence-corrected chi connectivity index (χ3v) is 5.56. The van der Waals surface area contributed by atoms with E-state index in [1.807, 2.05) is 12.2 Å². The lowest BCUT2D eigenvalue weighted by atomic mass is 9.93. The van der Waals surface area contributed by atoms with Crippen LogP contribution in [0.4, 0.5) is 4.79 Å². The molecule has 0 bridgehead atoms. The molecule has 3 unspecified atom stereocenters. The number of amides is 4. The number of aromatic nitrogens is 2. The Bertz CT molecular complexity index is 979. The monoisotopic (exact) mass is 414 g/mol. The number of allylic oxidation sites excluding steroid dienone is 3. The molecule has 3 atom stereocenters. The molecule has 29 heavy (non-hydrogen) atoms. The van der Waals surface area contributed by atoms with Crippen LogP contribution in [0.3, 0.4) is 0 Å². The number of aryl methyl sites for hydroxylation is 1. The first-order valence-electron chi connectivity index (χ1n) is 9.11. The Morgan fingerprint density at radius 1 is 1.17 bits per heavy atom. The van der Waals surface area contributed by atoms with Gasteiger partial charge in [-0.3, -0.25) is 14.9 Å². The molecule has 1 aromatic heterocycles. The van der Waals surface area contributed by atoms with Gasteiger partial charge in [-0.2, -0.15) is 4.99 Å². The van der Waals surface area contributed by atoms with Crippen molar-refractivity contribution in [2.45, 2.75) is 31.0 Å². The Morgan fingerprint density at radius 3 is 2.86 bits per heavy atom. The molecule has 4 amide bonds. The van der Waals surface area contributed by atoms with Gasteiger partial charge in [-0.25, -0.2) is 9.79 Å².